The molecule has 172 valence electrons. The van der Waals surface area contributed by atoms with Gasteiger partial charge < -0.3 is 4.74 Å². The van der Waals surface area contributed by atoms with Crippen molar-refractivity contribution in [3.05, 3.63) is 35.9 Å². The van der Waals surface area contributed by atoms with Crippen molar-refractivity contribution in [3.8, 4) is 18.0 Å². The van der Waals surface area contributed by atoms with Crippen molar-refractivity contribution in [2.24, 2.45) is 4.99 Å². The second kappa shape index (κ2) is 12.5. The van der Waals surface area contributed by atoms with Gasteiger partial charge in [-0.15, -0.1) is 6.42 Å². The molecule has 0 radical (unpaired) electrons. The Bertz CT molecular complexity index is 960. The summed E-state index contributed by atoms with van der Waals surface area (Å²) in [7, 11) is 1.41. The fourth-order valence-corrected chi connectivity index (χ4v) is 3.65. The van der Waals surface area contributed by atoms with Crippen molar-refractivity contribution in [1.29, 1.82) is 0 Å². The maximum absolute atomic E-state index is 13.2. The largest absolute Gasteiger partial charge is 0.389 e. The Hall–Kier alpha value is -2.55. The van der Waals surface area contributed by atoms with Crippen LogP contribution < -0.4 is 4.90 Å². The molecule has 2 rings (SSSR count). The van der Waals surface area contributed by atoms with E-state index in [9.17, 15) is 18.0 Å². The summed E-state index contributed by atoms with van der Waals surface area (Å²) >= 11 is 7.45. The molecular weight excluding hydrogens is 467 g/mol. The summed E-state index contributed by atoms with van der Waals surface area (Å²) in [5.74, 6) is 2.18. The molecule has 0 aliphatic rings. The minimum atomic E-state index is -4.21. The number of aliphatic imine (C=N–C) groups is 1. The number of terminal acetylenes is 1. The molecule has 12 heteroatoms. The third-order valence-corrected chi connectivity index (χ3v) is 5.29. The second-order valence-electron chi connectivity index (χ2n) is 6.35. The Kier molecular flexibility index (Phi) is 10.0. The van der Waals surface area contributed by atoms with E-state index in [0.29, 0.717) is 5.69 Å². The van der Waals surface area contributed by atoms with Crippen LogP contribution in [0.25, 0.3) is 5.69 Å². The van der Waals surface area contributed by atoms with Gasteiger partial charge in [-0.2, -0.15) is 30.0 Å². The summed E-state index contributed by atoms with van der Waals surface area (Å²) in [6.45, 7) is -0.196. The highest BCUT2D eigenvalue weighted by atomic mass is 35.5. The summed E-state index contributed by atoms with van der Waals surface area (Å²) in [5, 5.41) is 4.24. The smallest absolute Gasteiger partial charge is 0.363 e. The van der Waals surface area contributed by atoms with Crippen LogP contribution in [-0.4, -0.2) is 64.5 Å². The van der Waals surface area contributed by atoms with Crippen LogP contribution >= 0.6 is 23.4 Å². The van der Waals surface area contributed by atoms with E-state index in [0.717, 1.165) is 0 Å². The van der Waals surface area contributed by atoms with E-state index in [1.807, 2.05) is 0 Å². The normalized spacial score (nSPS) is 11.9. The van der Waals surface area contributed by atoms with Gasteiger partial charge in [0, 0.05) is 25.5 Å². The monoisotopic (exact) mass is 487 g/mol. The zero-order valence-electron chi connectivity index (χ0n) is 17.2. The topological polar surface area (TPSA) is 72.6 Å². The van der Waals surface area contributed by atoms with Gasteiger partial charge in [-0.3, -0.25) is 19.7 Å². The molecule has 0 spiro atoms. The molecule has 0 saturated carbocycles. The van der Waals surface area contributed by atoms with Gasteiger partial charge in [0.25, 0.3) is 5.91 Å². The number of pyridine rings is 1. The minimum Gasteiger partial charge on any atom is -0.363 e. The number of carbonyl (C=O) groups excluding carboxylic acids is 1. The lowest BCUT2D eigenvalue weighted by Gasteiger charge is -2.20. The van der Waals surface area contributed by atoms with E-state index < -0.39 is 18.5 Å². The predicted octanol–water partition coefficient (Wildman–Crippen LogP) is 4.01. The summed E-state index contributed by atoms with van der Waals surface area (Å²) < 4.78 is 43.3. The Labute approximate surface area is 193 Å². The molecule has 2 aromatic heterocycles. The van der Waals surface area contributed by atoms with Gasteiger partial charge in [0.2, 0.25) is 0 Å². The molecule has 2 heterocycles. The molecule has 1 amide bonds. The number of ether oxygens (including phenoxy) is 1. The highest BCUT2D eigenvalue weighted by Crippen LogP contribution is 2.27. The van der Waals surface area contributed by atoms with E-state index in [1.165, 1.54) is 28.5 Å². The summed E-state index contributed by atoms with van der Waals surface area (Å²) in [6.07, 6.45) is 5.02. The molecular formula is C20H21ClF3N5O2S. The third-order valence-electron chi connectivity index (χ3n) is 3.97. The van der Waals surface area contributed by atoms with E-state index in [-0.39, 0.29) is 47.8 Å². The number of aromatic nitrogens is 3. The number of hydrogen-bond donors (Lipinski definition) is 0. The highest BCUT2D eigenvalue weighted by Gasteiger charge is 2.27. The first-order valence-corrected chi connectivity index (χ1v) is 10.9. The molecule has 0 N–H and O–H groups in total. The second-order valence-corrected chi connectivity index (χ2v) is 7.81. The lowest BCUT2D eigenvalue weighted by molar-refractivity contribution is -0.134. The van der Waals surface area contributed by atoms with Crippen LogP contribution in [-0.2, 0) is 9.53 Å². The van der Waals surface area contributed by atoms with E-state index in [1.54, 1.807) is 30.7 Å². The zero-order valence-corrected chi connectivity index (χ0v) is 18.8. The maximum atomic E-state index is 13.2. The van der Waals surface area contributed by atoms with Gasteiger partial charge in [-0.05, 0) is 24.3 Å². The Balaban J connectivity index is 2.19. The zero-order chi connectivity index (χ0) is 23.6. The lowest BCUT2D eigenvalue weighted by Crippen LogP contribution is -2.38. The maximum Gasteiger partial charge on any atom is 0.389 e. The molecule has 0 atom stereocenters. The molecule has 7 nitrogen and oxygen atoms in total. The predicted molar refractivity (Wildman–Crippen MR) is 119 cm³/mol. The first-order valence-electron chi connectivity index (χ1n) is 9.34. The number of hydrogen-bond acceptors (Lipinski definition) is 6. The number of methoxy groups -OCH3 is 1. The molecule has 0 fully saturated rings. The number of amides is 1. The number of rotatable bonds is 11. The van der Waals surface area contributed by atoms with Crippen molar-refractivity contribution >= 4 is 40.7 Å². The number of thioether (sulfide) groups is 1. The molecule has 2 aromatic rings. The Morgan fingerprint density at radius 3 is 2.88 bits per heavy atom. The fourth-order valence-electron chi connectivity index (χ4n) is 2.52. The number of carbonyl (C=O) groups is 1. The standard InChI is InChI=1S/C20H21ClF3N5O2S/c1-3-9-28(17-12-29(27-18(17)21)15-6-4-8-25-11-15)19(30)16(26-14-31-2)13-32-10-5-7-20(22,23)24/h1,4,6,8,11-12H,5,7,9-10,13-14H2,2H3. The van der Waals surface area contributed by atoms with Crippen LogP contribution in [0.5, 0.6) is 0 Å². The van der Waals surface area contributed by atoms with Gasteiger partial charge in [-0.1, -0.05) is 17.5 Å². The molecule has 0 aliphatic heterocycles. The molecule has 0 saturated heterocycles. The molecule has 0 bridgehead atoms. The van der Waals surface area contributed by atoms with Crippen LogP contribution in [0.3, 0.4) is 0 Å². The van der Waals surface area contributed by atoms with Gasteiger partial charge in [-0.25, -0.2) is 4.68 Å². The summed E-state index contributed by atoms with van der Waals surface area (Å²) in [5.41, 5.74) is 0.997. The Morgan fingerprint density at radius 1 is 1.47 bits per heavy atom. The minimum absolute atomic E-state index is 0.0429. The molecule has 0 aromatic carbocycles. The van der Waals surface area contributed by atoms with Crippen LogP contribution in [0.1, 0.15) is 12.8 Å². The summed E-state index contributed by atoms with van der Waals surface area (Å²) in [4.78, 5) is 22.6. The number of halogens is 4. The average Bonchev–Trinajstić information content (AvgIpc) is 3.14. The number of nitrogens with zero attached hydrogens (tertiary/aromatic N) is 5. The first kappa shape index (κ1) is 25.7. The molecule has 32 heavy (non-hydrogen) atoms. The van der Waals surface area contributed by atoms with Gasteiger partial charge in [0.05, 0.1) is 24.6 Å². The van der Waals surface area contributed by atoms with Crippen LogP contribution in [0.2, 0.25) is 5.15 Å². The number of anilines is 1. The average molecular weight is 488 g/mol. The van der Waals surface area contributed by atoms with Crippen molar-refractivity contribution in [2.45, 2.75) is 19.0 Å². The van der Waals surface area contributed by atoms with E-state index in [2.05, 4.69) is 21.0 Å². The SMILES string of the molecule is C#CCN(C(=O)C(CSCCCC(F)(F)F)=NCOC)c1cn(-c2cccnc2)nc1Cl. The van der Waals surface area contributed by atoms with E-state index in [4.69, 9.17) is 22.8 Å². The van der Waals surface area contributed by atoms with Crippen LogP contribution in [0, 0.1) is 12.3 Å². The van der Waals surface area contributed by atoms with E-state index >= 15 is 0 Å². The van der Waals surface area contributed by atoms with Gasteiger partial charge in [0.1, 0.15) is 18.1 Å². The quantitative estimate of drug-likeness (QED) is 0.272. The fraction of sp³-hybridized carbons (Fsp3) is 0.400. The first-order chi connectivity index (χ1) is 15.3. The van der Waals surface area contributed by atoms with Crippen molar-refractivity contribution in [3.63, 3.8) is 0 Å². The Morgan fingerprint density at radius 2 is 2.25 bits per heavy atom. The summed E-state index contributed by atoms with van der Waals surface area (Å²) in [6, 6.07) is 3.48. The third kappa shape index (κ3) is 7.85. The van der Waals surface area contributed by atoms with Crippen molar-refractivity contribution < 1.29 is 22.7 Å². The van der Waals surface area contributed by atoms with Crippen LogP contribution in [0.4, 0.5) is 18.9 Å². The lowest BCUT2D eigenvalue weighted by atomic mass is 10.3. The molecule has 0 aliphatic carbocycles. The highest BCUT2D eigenvalue weighted by molar-refractivity contribution is 8.00. The van der Waals surface area contributed by atoms with Gasteiger partial charge in [0.15, 0.2) is 5.15 Å². The van der Waals surface area contributed by atoms with Crippen LogP contribution in [0.15, 0.2) is 35.7 Å². The van der Waals surface area contributed by atoms with Gasteiger partial charge >= 0.3 is 6.18 Å². The van der Waals surface area contributed by atoms with Crippen molar-refractivity contribution in [2.75, 3.05) is 36.8 Å². The van der Waals surface area contributed by atoms with Crippen molar-refractivity contribution in [1.82, 2.24) is 14.8 Å². The number of alkyl halides is 3. The molecule has 0 unspecified atom stereocenters.